The summed E-state index contributed by atoms with van der Waals surface area (Å²) >= 11 is 0. The summed E-state index contributed by atoms with van der Waals surface area (Å²) in [5.41, 5.74) is 1.10. The summed E-state index contributed by atoms with van der Waals surface area (Å²) in [5.74, 6) is 0.111. The van der Waals surface area contributed by atoms with E-state index in [0.29, 0.717) is 26.2 Å². The number of aromatic nitrogens is 1. The minimum absolute atomic E-state index is 0.000903. The Bertz CT molecular complexity index is 586. The third kappa shape index (κ3) is 4.99. The number of rotatable bonds is 5. The maximum Gasteiger partial charge on any atom is 0.237 e. The Kier molecular flexibility index (Phi) is 5.99. The number of nitrogens with one attached hydrogen (secondary N) is 1. The molecular weight excluding hydrogens is 318 g/mol. The van der Waals surface area contributed by atoms with Gasteiger partial charge in [-0.1, -0.05) is 0 Å². The third-order valence-corrected chi connectivity index (χ3v) is 5.03. The van der Waals surface area contributed by atoms with Crippen molar-refractivity contribution in [2.24, 2.45) is 0 Å². The van der Waals surface area contributed by atoms with Gasteiger partial charge in [-0.3, -0.25) is 19.5 Å². The molecule has 2 amide bonds. The zero-order valence-electron chi connectivity index (χ0n) is 14.9. The van der Waals surface area contributed by atoms with Crippen LogP contribution in [-0.2, 0) is 16.1 Å². The molecule has 0 atom stereocenters. The molecule has 1 aromatic heterocycles. The molecule has 2 aliphatic rings. The number of carbonyl (C=O) groups is 2. The van der Waals surface area contributed by atoms with Crippen molar-refractivity contribution in [1.82, 2.24) is 25.0 Å². The van der Waals surface area contributed by atoms with Crippen LogP contribution in [0.15, 0.2) is 24.5 Å². The van der Waals surface area contributed by atoms with E-state index in [1.165, 1.54) is 0 Å². The second-order valence-electron chi connectivity index (χ2n) is 6.97. The summed E-state index contributed by atoms with van der Waals surface area (Å²) < 4.78 is 0. The van der Waals surface area contributed by atoms with Gasteiger partial charge in [0.25, 0.3) is 0 Å². The van der Waals surface area contributed by atoms with Gasteiger partial charge < -0.3 is 15.1 Å². The summed E-state index contributed by atoms with van der Waals surface area (Å²) in [6.45, 7) is 4.59. The lowest BCUT2D eigenvalue weighted by atomic mass is 10.0. The van der Waals surface area contributed by atoms with Gasteiger partial charge in [0.15, 0.2) is 0 Å². The molecule has 136 valence electrons. The normalized spacial score (nSPS) is 20.3. The van der Waals surface area contributed by atoms with Crippen LogP contribution in [0.3, 0.4) is 0 Å². The minimum Gasteiger partial charge on any atom is -0.354 e. The molecular formula is C18H27N5O2. The van der Waals surface area contributed by atoms with Gasteiger partial charge in [-0.25, -0.2) is 0 Å². The fraction of sp³-hybridized carbons (Fsp3) is 0.611. The van der Waals surface area contributed by atoms with Crippen LogP contribution >= 0.6 is 0 Å². The van der Waals surface area contributed by atoms with Crippen LogP contribution in [-0.4, -0.2) is 83.9 Å². The van der Waals surface area contributed by atoms with E-state index in [-0.39, 0.29) is 17.9 Å². The molecule has 7 nitrogen and oxygen atoms in total. The van der Waals surface area contributed by atoms with Crippen molar-refractivity contribution in [3.8, 4) is 0 Å². The number of likely N-dealkylation sites (tertiary alicyclic amines) is 1. The molecule has 25 heavy (non-hydrogen) atoms. The van der Waals surface area contributed by atoms with Crippen LogP contribution in [0, 0.1) is 0 Å². The molecule has 0 aliphatic carbocycles. The molecule has 1 N–H and O–H groups in total. The Morgan fingerprint density at radius 3 is 2.68 bits per heavy atom. The van der Waals surface area contributed by atoms with E-state index in [9.17, 15) is 9.59 Å². The predicted molar refractivity (Wildman–Crippen MR) is 94.8 cm³/mol. The number of pyridine rings is 1. The lowest BCUT2D eigenvalue weighted by Crippen LogP contribution is -2.53. The van der Waals surface area contributed by atoms with Crippen LogP contribution in [0.25, 0.3) is 0 Å². The van der Waals surface area contributed by atoms with E-state index in [1.807, 2.05) is 21.9 Å². The van der Waals surface area contributed by atoms with Gasteiger partial charge >= 0.3 is 0 Å². The highest BCUT2D eigenvalue weighted by molar-refractivity contribution is 5.82. The highest BCUT2D eigenvalue weighted by atomic mass is 16.2. The minimum atomic E-state index is -0.000903. The van der Waals surface area contributed by atoms with E-state index >= 15 is 0 Å². The Morgan fingerprint density at radius 2 is 2.00 bits per heavy atom. The fourth-order valence-corrected chi connectivity index (χ4v) is 3.52. The van der Waals surface area contributed by atoms with Gasteiger partial charge in [0.05, 0.1) is 13.1 Å². The molecule has 3 heterocycles. The second kappa shape index (κ2) is 8.40. The first-order valence-corrected chi connectivity index (χ1v) is 8.98. The molecule has 0 aromatic carbocycles. The van der Waals surface area contributed by atoms with Crippen molar-refractivity contribution >= 4 is 11.8 Å². The molecule has 0 unspecified atom stereocenters. The number of hydrogen-bond donors (Lipinski definition) is 1. The van der Waals surface area contributed by atoms with Crippen molar-refractivity contribution in [3.63, 3.8) is 0 Å². The first-order valence-electron chi connectivity index (χ1n) is 8.98. The van der Waals surface area contributed by atoms with Crippen molar-refractivity contribution < 1.29 is 9.59 Å². The van der Waals surface area contributed by atoms with E-state index in [2.05, 4.69) is 22.2 Å². The number of piperazine rings is 1. The lowest BCUT2D eigenvalue weighted by Gasteiger charge is -2.38. The zero-order valence-corrected chi connectivity index (χ0v) is 14.9. The van der Waals surface area contributed by atoms with Crippen LogP contribution in [0.2, 0.25) is 0 Å². The van der Waals surface area contributed by atoms with Crippen LogP contribution < -0.4 is 5.32 Å². The van der Waals surface area contributed by atoms with Gasteiger partial charge in [0.1, 0.15) is 0 Å². The monoisotopic (exact) mass is 345 g/mol. The summed E-state index contributed by atoms with van der Waals surface area (Å²) in [6.07, 6.45) is 5.52. The van der Waals surface area contributed by atoms with E-state index in [0.717, 1.165) is 38.0 Å². The summed E-state index contributed by atoms with van der Waals surface area (Å²) in [4.78, 5) is 34.9. The van der Waals surface area contributed by atoms with Gasteiger partial charge in [0.2, 0.25) is 11.8 Å². The van der Waals surface area contributed by atoms with E-state index in [4.69, 9.17) is 0 Å². The molecule has 7 heteroatoms. The quantitative estimate of drug-likeness (QED) is 0.810. The smallest absolute Gasteiger partial charge is 0.237 e. The SMILES string of the molecule is CN1CCC(N(Cc2ccncc2)C(=O)CN2CCNC(=O)C2)CC1. The van der Waals surface area contributed by atoms with Crippen LogP contribution in [0.1, 0.15) is 18.4 Å². The van der Waals surface area contributed by atoms with Crippen LogP contribution in [0.4, 0.5) is 0 Å². The first-order chi connectivity index (χ1) is 12.1. The molecule has 2 saturated heterocycles. The highest BCUT2D eigenvalue weighted by Gasteiger charge is 2.29. The van der Waals surface area contributed by atoms with Crippen molar-refractivity contribution in [1.29, 1.82) is 0 Å². The van der Waals surface area contributed by atoms with Crippen molar-refractivity contribution in [3.05, 3.63) is 30.1 Å². The number of hydrogen-bond acceptors (Lipinski definition) is 5. The van der Waals surface area contributed by atoms with E-state index < -0.39 is 0 Å². The van der Waals surface area contributed by atoms with Gasteiger partial charge in [0, 0.05) is 38.1 Å². The van der Waals surface area contributed by atoms with Gasteiger partial charge in [-0.05, 0) is 50.7 Å². The number of amides is 2. The molecule has 2 aliphatic heterocycles. The summed E-state index contributed by atoms with van der Waals surface area (Å²) in [6, 6.07) is 4.18. The first kappa shape index (κ1) is 17.8. The molecule has 0 spiro atoms. The Morgan fingerprint density at radius 1 is 1.28 bits per heavy atom. The largest absolute Gasteiger partial charge is 0.354 e. The second-order valence-corrected chi connectivity index (χ2v) is 6.97. The van der Waals surface area contributed by atoms with E-state index in [1.54, 1.807) is 12.4 Å². The topological polar surface area (TPSA) is 68.8 Å². The molecule has 3 rings (SSSR count). The zero-order chi connectivity index (χ0) is 17.6. The molecule has 1 aromatic rings. The summed E-state index contributed by atoms with van der Waals surface area (Å²) in [7, 11) is 2.12. The maximum atomic E-state index is 13.0. The van der Waals surface area contributed by atoms with Gasteiger partial charge in [-0.15, -0.1) is 0 Å². The lowest BCUT2D eigenvalue weighted by molar-refractivity contribution is -0.137. The maximum absolute atomic E-state index is 13.0. The number of nitrogens with zero attached hydrogens (tertiary/aromatic N) is 4. The summed E-state index contributed by atoms with van der Waals surface area (Å²) in [5, 5.41) is 2.80. The van der Waals surface area contributed by atoms with Gasteiger partial charge in [-0.2, -0.15) is 0 Å². The third-order valence-electron chi connectivity index (χ3n) is 5.03. The Labute approximate surface area is 149 Å². The average molecular weight is 345 g/mol. The standard InChI is InChI=1S/C18H27N5O2/c1-21-9-4-16(5-10-21)23(12-15-2-6-19-7-3-15)18(25)14-22-11-8-20-17(24)13-22/h2-3,6-7,16H,4-5,8-14H2,1H3,(H,20,24). The van der Waals surface area contributed by atoms with Crippen LogP contribution in [0.5, 0.6) is 0 Å². The van der Waals surface area contributed by atoms with Crippen molar-refractivity contribution in [2.45, 2.75) is 25.4 Å². The average Bonchev–Trinajstić information content (AvgIpc) is 2.61. The molecule has 0 bridgehead atoms. The fourth-order valence-electron chi connectivity index (χ4n) is 3.52. The highest BCUT2D eigenvalue weighted by Crippen LogP contribution is 2.19. The number of piperidine rings is 1. The Hall–Kier alpha value is -1.99. The predicted octanol–water partition coefficient (Wildman–Crippen LogP) is -0.0638. The number of carbonyl (C=O) groups excluding carboxylic acids is 2. The molecule has 0 radical (unpaired) electrons. The van der Waals surface area contributed by atoms with Crippen molar-refractivity contribution in [2.75, 3.05) is 46.3 Å². The molecule has 2 fully saturated rings. The molecule has 0 saturated carbocycles. The Balaban J connectivity index is 1.68.